The third kappa shape index (κ3) is 2.02. The Morgan fingerprint density at radius 1 is 1.37 bits per heavy atom. The molecule has 5 heteroatoms. The standard InChI is InChI=1S/C14H14N2O3/c1-16-13(17)6-11(14(16)18)15-7-9-8-19-12-5-3-2-4-10(9)12/h2-5,8,11,15H,6-7H2,1H3. The fraction of sp³-hybridized carbons (Fsp3) is 0.286. The largest absolute Gasteiger partial charge is 0.464 e. The second-order valence-corrected chi connectivity index (χ2v) is 4.69. The first kappa shape index (κ1) is 11.9. The maximum Gasteiger partial charge on any atom is 0.246 e. The number of hydrogen-bond acceptors (Lipinski definition) is 4. The van der Waals surface area contributed by atoms with Gasteiger partial charge in [0.25, 0.3) is 0 Å². The molecule has 0 bridgehead atoms. The third-order valence-corrected chi connectivity index (χ3v) is 3.48. The maximum absolute atomic E-state index is 11.8. The van der Waals surface area contributed by atoms with Crippen LogP contribution < -0.4 is 5.32 Å². The summed E-state index contributed by atoms with van der Waals surface area (Å²) in [7, 11) is 1.51. The molecule has 0 saturated carbocycles. The predicted molar refractivity (Wildman–Crippen MR) is 69.2 cm³/mol. The molecule has 1 fully saturated rings. The molecule has 1 unspecified atom stereocenters. The van der Waals surface area contributed by atoms with Gasteiger partial charge < -0.3 is 9.73 Å². The lowest BCUT2D eigenvalue weighted by molar-refractivity contribution is -0.137. The molecule has 19 heavy (non-hydrogen) atoms. The van der Waals surface area contributed by atoms with Crippen molar-refractivity contribution in [2.24, 2.45) is 0 Å². The molecule has 5 nitrogen and oxygen atoms in total. The summed E-state index contributed by atoms with van der Waals surface area (Å²) in [6.07, 6.45) is 1.91. The lowest BCUT2D eigenvalue weighted by Gasteiger charge is -2.10. The highest BCUT2D eigenvalue weighted by Crippen LogP contribution is 2.21. The number of carbonyl (C=O) groups is 2. The van der Waals surface area contributed by atoms with Crippen LogP contribution in [0, 0.1) is 0 Å². The van der Waals surface area contributed by atoms with Crippen LogP contribution in [-0.4, -0.2) is 29.8 Å². The van der Waals surface area contributed by atoms with E-state index in [2.05, 4.69) is 5.32 Å². The van der Waals surface area contributed by atoms with Gasteiger partial charge in [-0.15, -0.1) is 0 Å². The molecule has 2 aromatic rings. The van der Waals surface area contributed by atoms with Crippen molar-refractivity contribution in [1.29, 1.82) is 0 Å². The van der Waals surface area contributed by atoms with Crippen molar-refractivity contribution in [3.05, 3.63) is 36.1 Å². The number of likely N-dealkylation sites (N-methyl/N-ethyl adjacent to an activating group) is 1. The van der Waals surface area contributed by atoms with Gasteiger partial charge in [0.1, 0.15) is 5.58 Å². The number of fused-ring (bicyclic) bond motifs is 1. The van der Waals surface area contributed by atoms with E-state index in [0.29, 0.717) is 6.54 Å². The summed E-state index contributed by atoms with van der Waals surface area (Å²) in [6.45, 7) is 0.508. The molecule has 0 radical (unpaired) electrons. The number of nitrogens with zero attached hydrogens (tertiary/aromatic N) is 1. The zero-order chi connectivity index (χ0) is 13.4. The number of amides is 2. The molecule has 2 heterocycles. The number of imide groups is 1. The smallest absolute Gasteiger partial charge is 0.246 e. The Hall–Kier alpha value is -2.14. The van der Waals surface area contributed by atoms with Crippen LogP contribution in [-0.2, 0) is 16.1 Å². The molecule has 1 aromatic carbocycles. The molecule has 1 atom stereocenters. The van der Waals surface area contributed by atoms with Crippen LogP contribution >= 0.6 is 0 Å². The van der Waals surface area contributed by atoms with Gasteiger partial charge in [-0.05, 0) is 6.07 Å². The van der Waals surface area contributed by atoms with E-state index in [-0.39, 0.29) is 18.2 Å². The van der Waals surface area contributed by atoms with Crippen molar-refractivity contribution in [1.82, 2.24) is 10.2 Å². The van der Waals surface area contributed by atoms with Crippen molar-refractivity contribution in [2.75, 3.05) is 7.05 Å². The van der Waals surface area contributed by atoms with Crippen LogP contribution in [0.25, 0.3) is 11.0 Å². The number of hydrogen-bond donors (Lipinski definition) is 1. The Morgan fingerprint density at radius 2 is 2.16 bits per heavy atom. The number of benzene rings is 1. The van der Waals surface area contributed by atoms with Crippen molar-refractivity contribution in [3.8, 4) is 0 Å². The van der Waals surface area contributed by atoms with E-state index in [1.54, 1.807) is 6.26 Å². The Bertz CT molecular complexity index is 647. The van der Waals surface area contributed by atoms with E-state index in [0.717, 1.165) is 16.5 Å². The van der Waals surface area contributed by atoms with Crippen LogP contribution in [0.15, 0.2) is 34.9 Å². The van der Waals surface area contributed by atoms with Gasteiger partial charge in [-0.2, -0.15) is 0 Å². The van der Waals surface area contributed by atoms with Gasteiger partial charge in [-0.1, -0.05) is 18.2 Å². The van der Waals surface area contributed by atoms with Crippen LogP contribution in [0.4, 0.5) is 0 Å². The molecule has 2 amide bonds. The Morgan fingerprint density at radius 3 is 2.89 bits per heavy atom. The van der Waals surface area contributed by atoms with E-state index in [9.17, 15) is 9.59 Å². The monoisotopic (exact) mass is 258 g/mol. The van der Waals surface area contributed by atoms with E-state index in [1.165, 1.54) is 11.9 Å². The zero-order valence-electron chi connectivity index (χ0n) is 10.6. The Labute approximate surface area is 110 Å². The highest BCUT2D eigenvalue weighted by Gasteiger charge is 2.35. The van der Waals surface area contributed by atoms with Gasteiger partial charge in [0, 0.05) is 24.5 Å². The van der Waals surface area contributed by atoms with Gasteiger partial charge >= 0.3 is 0 Å². The normalized spacial score (nSPS) is 19.6. The molecule has 0 spiro atoms. The molecular formula is C14H14N2O3. The minimum absolute atomic E-state index is 0.139. The number of para-hydroxylation sites is 1. The highest BCUT2D eigenvalue weighted by atomic mass is 16.3. The quantitative estimate of drug-likeness (QED) is 0.842. The second-order valence-electron chi connectivity index (χ2n) is 4.69. The first-order valence-corrected chi connectivity index (χ1v) is 6.15. The predicted octanol–water partition coefficient (Wildman–Crippen LogP) is 1.28. The van der Waals surface area contributed by atoms with E-state index < -0.39 is 6.04 Å². The average molecular weight is 258 g/mol. The molecule has 0 aliphatic carbocycles. The topological polar surface area (TPSA) is 62.6 Å². The van der Waals surface area contributed by atoms with Crippen molar-refractivity contribution in [3.63, 3.8) is 0 Å². The maximum atomic E-state index is 11.8. The van der Waals surface area contributed by atoms with E-state index in [1.807, 2.05) is 24.3 Å². The summed E-state index contributed by atoms with van der Waals surface area (Å²) < 4.78 is 5.43. The lowest BCUT2D eigenvalue weighted by atomic mass is 10.1. The fourth-order valence-electron chi connectivity index (χ4n) is 2.32. The summed E-state index contributed by atoms with van der Waals surface area (Å²) in [5.41, 5.74) is 1.82. The SMILES string of the molecule is CN1C(=O)CC(NCc2coc3ccccc23)C1=O. The third-order valence-electron chi connectivity index (χ3n) is 3.48. The van der Waals surface area contributed by atoms with Crippen molar-refractivity contribution < 1.29 is 14.0 Å². The lowest BCUT2D eigenvalue weighted by Crippen LogP contribution is -2.36. The van der Waals surface area contributed by atoms with Crippen molar-refractivity contribution >= 4 is 22.8 Å². The van der Waals surface area contributed by atoms with E-state index in [4.69, 9.17) is 4.42 Å². The molecule has 1 aliphatic rings. The number of carbonyl (C=O) groups excluding carboxylic acids is 2. The molecule has 1 saturated heterocycles. The summed E-state index contributed by atoms with van der Waals surface area (Å²) in [6, 6.07) is 7.31. The number of nitrogens with one attached hydrogen (secondary N) is 1. The minimum atomic E-state index is -0.425. The molecule has 1 aromatic heterocycles. The first-order valence-electron chi connectivity index (χ1n) is 6.15. The molecule has 1 aliphatic heterocycles. The number of rotatable bonds is 3. The second kappa shape index (κ2) is 4.51. The van der Waals surface area contributed by atoms with Gasteiger partial charge in [0.05, 0.1) is 18.7 Å². The average Bonchev–Trinajstić information content (AvgIpc) is 2.94. The molecule has 1 N–H and O–H groups in total. The van der Waals surface area contributed by atoms with Crippen LogP contribution in [0.1, 0.15) is 12.0 Å². The number of likely N-dealkylation sites (tertiary alicyclic amines) is 1. The Balaban J connectivity index is 1.73. The fourth-order valence-corrected chi connectivity index (χ4v) is 2.32. The molecule has 98 valence electrons. The van der Waals surface area contributed by atoms with Crippen molar-refractivity contribution in [2.45, 2.75) is 19.0 Å². The van der Waals surface area contributed by atoms with Gasteiger partial charge in [0.2, 0.25) is 11.8 Å². The Kier molecular flexibility index (Phi) is 2.83. The number of furan rings is 1. The summed E-state index contributed by atoms with van der Waals surface area (Å²) in [5, 5.41) is 4.14. The van der Waals surface area contributed by atoms with E-state index >= 15 is 0 Å². The summed E-state index contributed by atoms with van der Waals surface area (Å²) >= 11 is 0. The van der Waals surface area contributed by atoms with Gasteiger partial charge in [0.15, 0.2) is 0 Å². The minimum Gasteiger partial charge on any atom is -0.464 e. The highest BCUT2D eigenvalue weighted by molar-refractivity contribution is 6.05. The van der Waals surface area contributed by atoms with Crippen LogP contribution in [0.2, 0.25) is 0 Å². The van der Waals surface area contributed by atoms with Gasteiger partial charge in [-0.3, -0.25) is 14.5 Å². The summed E-state index contributed by atoms with van der Waals surface area (Å²) in [4.78, 5) is 24.3. The molecular weight excluding hydrogens is 244 g/mol. The van der Waals surface area contributed by atoms with Gasteiger partial charge in [-0.25, -0.2) is 0 Å². The molecule has 3 rings (SSSR count). The first-order chi connectivity index (χ1) is 9.16. The van der Waals surface area contributed by atoms with Crippen LogP contribution in [0.3, 0.4) is 0 Å². The van der Waals surface area contributed by atoms with Crippen LogP contribution in [0.5, 0.6) is 0 Å². The summed E-state index contributed by atoms with van der Waals surface area (Å²) in [5.74, 6) is -0.308. The zero-order valence-corrected chi connectivity index (χ0v) is 10.6.